The highest BCUT2D eigenvalue weighted by molar-refractivity contribution is 7.90. The van der Waals surface area contributed by atoms with Gasteiger partial charge in [-0.3, -0.25) is 4.79 Å². The summed E-state index contributed by atoms with van der Waals surface area (Å²) in [5, 5.41) is 19.3. The van der Waals surface area contributed by atoms with Crippen molar-refractivity contribution in [2.24, 2.45) is 0 Å². The molecule has 1 unspecified atom stereocenters. The minimum absolute atomic E-state index is 0.0384. The van der Waals surface area contributed by atoms with E-state index in [1.165, 1.54) is 30.2 Å². The summed E-state index contributed by atoms with van der Waals surface area (Å²) in [5.74, 6) is -3.11. The number of nitriles is 1. The highest BCUT2D eigenvalue weighted by Gasteiger charge is 2.33. The van der Waals surface area contributed by atoms with Crippen LogP contribution in [0.2, 0.25) is 0 Å². The molecule has 1 aliphatic heterocycles. The number of benzene rings is 1. The second-order valence-corrected chi connectivity index (χ2v) is 12.1. The highest BCUT2D eigenvalue weighted by Crippen LogP contribution is 2.36. The normalized spacial score (nSPS) is 15.3. The smallest absolute Gasteiger partial charge is 0.355 e. The molecule has 3 aromatic heterocycles. The van der Waals surface area contributed by atoms with Gasteiger partial charge < -0.3 is 14.9 Å². The summed E-state index contributed by atoms with van der Waals surface area (Å²) in [6, 6.07) is 7.20. The van der Waals surface area contributed by atoms with Crippen molar-refractivity contribution in [2.75, 3.05) is 30.8 Å². The summed E-state index contributed by atoms with van der Waals surface area (Å²) in [5.41, 5.74) is -2.38. The van der Waals surface area contributed by atoms with Crippen LogP contribution in [0.25, 0.3) is 28.0 Å². The molecule has 1 saturated heterocycles. The van der Waals surface area contributed by atoms with E-state index in [0.29, 0.717) is 5.56 Å². The van der Waals surface area contributed by atoms with E-state index in [1.54, 1.807) is 4.90 Å². The molecule has 1 amide bonds. The predicted molar refractivity (Wildman–Crippen MR) is 156 cm³/mol. The molecule has 4 aromatic rings. The predicted octanol–water partition coefficient (Wildman–Crippen LogP) is 2.66. The molecule has 0 aliphatic carbocycles. The molecule has 1 aromatic carbocycles. The number of phenols is 1. The third kappa shape index (κ3) is 5.24. The van der Waals surface area contributed by atoms with Crippen LogP contribution in [0.5, 0.6) is 5.75 Å². The van der Waals surface area contributed by atoms with E-state index in [9.17, 15) is 32.8 Å². The van der Waals surface area contributed by atoms with Crippen molar-refractivity contribution < 1.29 is 27.1 Å². The molecule has 0 spiro atoms. The number of aromatic nitrogens is 4. The second kappa shape index (κ2) is 11.5. The number of aryl methyl sites for hydroxylation is 1. The maximum Gasteiger partial charge on any atom is 0.355 e. The molecule has 1 N–H and O–H groups in total. The Balaban J connectivity index is 1.85. The van der Waals surface area contributed by atoms with E-state index < -0.39 is 55.2 Å². The summed E-state index contributed by atoms with van der Waals surface area (Å²) >= 11 is 0. The van der Waals surface area contributed by atoms with E-state index in [0.717, 1.165) is 35.1 Å². The number of carbonyl (C=O) groups excluding carboxylic acids is 1. The van der Waals surface area contributed by atoms with Crippen LogP contribution in [-0.4, -0.2) is 75.8 Å². The number of pyridine rings is 2. The Labute approximate surface area is 250 Å². The van der Waals surface area contributed by atoms with Crippen molar-refractivity contribution in [1.82, 2.24) is 24.4 Å². The minimum atomic E-state index is -4.02. The largest absolute Gasteiger partial charge is 0.507 e. The topological polar surface area (TPSA) is 162 Å². The molecule has 1 aliphatic rings. The molecule has 12 nitrogen and oxygen atoms in total. The Bertz CT molecular complexity index is 2040. The lowest BCUT2D eigenvalue weighted by molar-refractivity contribution is -0.128. The van der Waals surface area contributed by atoms with Crippen LogP contribution in [0.4, 0.5) is 14.6 Å². The molecule has 0 radical (unpaired) electrons. The lowest BCUT2D eigenvalue weighted by Gasteiger charge is -2.41. The molecule has 44 heavy (non-hydrogen) atoms. The fourth-order valence-electron chi connectivity index (χ4n) is 5.27. The molecule has 0 saturated carbocycles. The van der Waals surface area contributed by atoms with Gasteiger partial charge in [-0.15, -0.1) is 0 Å². The number of rotatable bonds is 6. The number of carbonyl (C=O) groups is 1. The van der Waals surface area contributed by atoms with E-state index in [4.69, 9.17) is 0 Å². The van der Waals surface area contributed by atoms with Crippen molar-refractivity contribution in [2.45, 2.75) is 24.4 Å². The molecule has 1 atom stereocenters. The average molecular weight is 622 g/mol. The number of phenolic OH excluding ortho intramolecular Hbond substituents is 1. The van der Waals surface area contributed by atoms with Gasteiger partial charge in [0, 0.05) is 32.1 Å². The zero-order valence-corrected chi connectivity index (χ0v) is 24.3. The number of halogens is 2. The van der Waals surface area contributed by atoms with Gasteiger partial charge >= 0.3 is 5.69 Å². The first-order valence-electron chi connectivity index (χ1n) is 13.2. The van der Waals surface area contributed by atoms with E-state index >= 15 is 4.39 Å². The lowest BCUT2D eigenvalue weighted by Crippen LogP contribution is -2.55. The molecule has 226 valence electrons. The third-order valence-corrected chi connectivity index (χ3v) is 8.27. The minimum Gasteiger partial charge on any atom is -0.507 e. The van der Waals surface area contributed by atoms with Crippen molar-refractivity contribution >= 4 is 32.6 Å². The molecular formula is C29H25F2N7O5S. The number of amides is 1. The van der Waals surface area contributed by atoms with Crippen LogP contribution < -0.4 is 10.6 Å². The van der Waals surface area contributed by atoms with Crippen molar-refractivity contribution in [3.05, 3.63) is 76.9 Å². The lowest BCUT2D eigenvalue weighted by atomic mass is 10.1. The third-order valence-electron chi connectivity index (χ3n) is 7.26. The van der Waals surface area contributed by atoms with Crippen LogP contribution in [0, 0.1) is 29.9 Å². The number of fused-ring (bicyclic) bond motifs is 1. The maximum absolute atomic E-state index is 15.8. The Morgan fingerprint density at radius 2 is 1.98 bits per heavy atom. The first-order valence-corrected chi connectivity index (χ1v) is 15.1. The van der Waals surface area contributed by atoms with Gasteiger partial charge in [-0.05, 0) is 42.8 Å². The van der Waals surface area contributed by atoms with Crippen LogP contribution in [0.15, 0.2) is 59.0 Å². The molecule has 15 heteroatoms. The number of sulfone groups is 1. The number of nitrogens with zero attached hydrogens (tertiary/aromatic N) is 7. The van der Waals surface area contributed by atoms with Crippen LogP contribution in [0.3, 0.4) is 0 Å². The van der Waals surface area contributed by atoms with E-state index in [1.807, 2.05) is 6.07 Å². The number of hydrogen-bond donors (Lipinski definition) is 1. The SMILES string of the molecule is C=CC(=O)N1CCN(c2nc(=O)n(-c3c(C)ccnc3S(C)(=O)=O)c3nc(-c4c(O)cccc4F)c(F)cc23)CC1CC#N. The van der Waals surface area contributed by atoms with Crippen molar-refractivity contribution in [3.8, 4) is 28.8 Å². The molecular weight excluding hydrogens is 596 g/mol. The Kier molecular flexibility index (Phi) is 7.87. The Morgan fingerprint density at radius 3 is 2.64 bits per heavy atom. The van der Waals surface area contributed by atoms with Crippen LogP contribution in [0.1, 0.15) is 12.0 Å². The van der Waals surface area contributed by atoms with Crippen molar-refractivity contribution in [1.29, 1.82) is 5.26 Å². The van der Waals surface area contributed by atoms with Gasteiger partial charge in [-0.1, -0.05) is 12.6 Å². The number of hydrogen-bond acceptors (Lipinski definition) is 10. The molecule has 4 heterocycles. The Morgan fingerprint density at radius 1 is 1.23 bits per heavy atom. The zero-order valence-electron chi connectivity index (χ0n) is 23.5. The van der Waals surface area contributed by atoms with E-state index in [2.05, 4.69) is 21.5 Å². The standard InChI is InChI=1S/C29H25F2N7O5S/c1-4-22(40)37-13-12-36(15-17(37)8-10-32)26-18-14-20(31)24(23-19(30)6-5-7-21(23)39)34-27(18)38(29(41)35-26)25-16(2)9-11-33-28(25)44(3,42)43/h4-7,9,11,14,17,39H,1,8,12-13,15H2,2-3H3. The summed E-state index contributed by atoms with van der Waals surface area (Å²) in [7, 11) is -4.02. The quantitative estimate of drug-likeness (QED) is 0.317. The maximum atomic E-state index is 15.8. The summed E-state index contributed by atoms with van der Waals surface area (Å²) < 4.78 is 57.1. The van der Waals surface area contributed by atoms with Crippen LogP contribution >= 0.6 is 0 Å². The Hall–Kier alpha value is -5.23. The summed E-state index contributed by atoms with van der Waals surface area (Å²) in [6.07, 6.45) is 3.23. The summed E-state index contributed by atoms with van der Waals surface area (Å²) in [4.78, 5) is 41.8. The van der Waals surface area contributed by atoms with Gasteiger partial charge in [0.15, 0.2) is 26.3 Å². The second-order valence-electron chi connectivity index (χ2n) is 10.1. The van der Waals surface area contributed by atoms with Gasteiger partial charge in [0.1, 0.15) is 23.1 Å². The van der Waals surface area contributed by atoms with Gasteiger partial charge in [-0.2, -0.15) is 10.2 Å². The summed E-state index contributed by atoms with van der Waals surface area (Å²) in [6.45, 7) is 5.33. The van der Waals surface area contributed by atoms with Gasteiger partial charge in [0.25, 0.3) is 0 Å². The fraction of sp³-hybridized carbons (Fsp3) is 0.241. The van der Waals surface area contributed by atoms with Gasteiger partial charge in [0.05, 0.1) is 35.2 Å². The molecule has 5 rings (SSSR count). The van der Waals surface area contributed by atoms with Crippen molar-refractivity contribution in [3.63, 3.8) is 0 Å². The van der Waals surface area contributed by atoms with E-state index in [-0.39, 0.29) is 54.5 Å². The fourth-order valence-corrected chi connectivity index (χ4v) is 6.13. The van der Waals surface area contributed by atoms with Crippen LogP contribution in [-0.2, 0) is 14.6 Å². The molecule has 0 bridgehead atoms. The zero-order chi connectivity index (χ0) is 31.9. The average Bonchev–Trinajstić information content (AvgIpc) is 2.97. The number of anilines is 1. The van der Waals surface area contributed by atoms with Gasteiger partial charge in [0.2, 0.25) is 5.91 Å². The number of piperazine rings is 1. The monoisotopic (exact) mass is 621 g/mol. The van der Waals surface area contributed by atoms with Gasteiger partial charge in [-0.25, -0.2) is 36.5 Å². The number of aromatic hydroxyl groups is 1. The molecule has 1 fully saturated rings. The first kappa shape index (κ1) is 30.2. The first-order chi connectivity index (χ1) is 20.9. The highest BCUT2D eigenvalue weighted by atomic mass is 32.2.